The van der Waals surface area contributed by atoms with Crippen LogP contribution in [-0.2, 0) is 4.79 Å². The fourth-order valence-electron chi connectivity index (χ4n) is 4.80. The Labute approximate surface area is 132 Å². The van der Waals surface area contributed by atoms with Gasteiger partial charge in [0.1, 0.15) is 0 Å². The summed E-state index contributed by atoms with van der Waals surface area (Å²) in [7, 11) is 3.58. The number of rotatable bonds is 1. The van der Waals surface area contributed by atoms with Crippen molar-refractivity contribution in [2.24, 2.45) is 10.8 Å². The van der Waals surface area contributed by atoms with Crippen molar-refractivity contribution < 1.29 is 9.59 Å². The maximum atomic E-state index is 13.1. The summed E-state index contributed by atoms with van der Waals surface area (Å²) in [6.45, 7) is 6.89. The van der Waals surface area contributed by atoms with Crippen LogP contribution >= 0.6 is 0 Å². The third-order valence-corrected chi connectivity index (χ3v) is 6.07. The number of amides is 3. The van der Waals surface area contributed by atoms with Crippen LogP contribution in [0.15, 0.2) is 0 Å². The standard InChI is InChI=1S/C16H28N4O2/c1-4-19-10-7-16(13(19)21)12-20(14(22)18(2)3)11-15(16)5-8-17-9-6-15/h17H,4-12H2,1-3H3/t16-/m0/s1. The lowest BCUT2D eigenvalue weighted by Gasteiger charge is -2.43. The zero-order chi connectivity index (χ0) is 16.0. The molecule has 0 radical (unpaired) electrons. The Balaban J connectivity index is 1.95. The molecule has 124 valence electrons. The molecule has 0 saturated carbocycles. The minimum absolute atomic E-state index is 0.0368. The minimum Gasteiger partial charge on any atom is -0.342 e. The Morgan fingerprint density at radius 3 is 2.45 bits per heavy atom. The molecule has 3 fully saturated rings. The van der Waals surface area contributed by atoms with Gasteiger partial charge in [-0.25, -0.2) is 4.79 Å². The summed E-state index contributed by atoms with van der Waals surface area (Å²) in [6, 6.07) is 0.0394. The molecular weight excluding hydrogens is 280 g/mol. The molecule has 0 aromatic heterocycles. The molecule has 6 nitrogen and oxygen atoms in total. The molecule has 22 heavy (non-hydrogen) atoms. The summed E-state index contributed by atoms with van der Waals surface area (Å²) in [4.78, 5) is 31.1. The first-order valence-electron chi connectivity index (χ1n) is 8.42. The number of hydrogen-bond acceptors (Lipinski definition) is 3. The van der Waals surface area contributed by atoms with E-state index in [2.05, 4.69) is 5.32 Å². The summed E-state index contributed by atoms with van der Waals surface area (Å²) in [5.41, 5.74) is -0.387. The van der Waals surface area contributed by atoms with Crippen molar-refractivity contribution in [2.45, 2.75) is 26.2 Å². The number of nitrogens with one attached hydrogen (secondary N) is 1. The topological polar surface area (TPSA) is 55.9 Å². The Bertz CT molecular complexity index is 473. The van der Waals surface area contributed by atoms with Crippen LogP contribution in [-0.4, -0.2) is 80.0 Å². The average Bonchev–Trinajstić information content (AvgIpc) is 3.00. The van der Waals surface area contributed by atoms with E-state index in [1.165, 1.54) is 0 Å². The lowest BCUT2D eigenvalue weighted by Crippen LogP contribution is -2.51. The molecule has 0 aliphatic carbocycles. The van der Waals surface area contributed by atoms with Crippen molar-refractivity contribution >= 4 is 11.9 Å². The highest BCUT2D eigenvalue weighted by Crippen LogP contribution is 2.57. The summed E-state index contributed by atoms with van der Waals surface area (Å²) in [6.07, 6.45) is 2.89. The smallest absolute Gasteiger partial charge is 0.319 e. The van der Waals surface area contributed by atoms with Crippen LogP contribution in [0.1, 0.15) is 26.2 Å². The highest BCUT2D eigenvalue weighted by atomic mass is 16.2. The molecule has 3 heterocycles. The van der Waals surface area contributed by atoms with E-state index in [-0.39, 0.29) is 22.8 Å². The van der Waals surface area contributed by atoms with Crippen molar-refractivity contribution in [1.29, 1.82) is 0 Å². The third kappa shape index (κ3) is 2.03. The largest absolute Gasteiger partial charge is 0.342 e. The summed E-state index contributed by atoms with van der Waals surface area (Å²) in [5.74, 6) is 0.283. The molecule has 0 unspecified atom stereocenters. The van der Waals surface area contributed by atoms with E-state index in [1.807, 2.05) is 16.7 Å². The second kappa shape index (κ2) is 5.41. The predicted molar refractivity (Wildman–Crippen MR) is 84.5 cm³/mol. The number of urea groups is 1. The predicted octanol–water partition coefficient (Wildman–Crippen LogP) is 0.592. The summed E-state index contributed by atoms with van der Waals surface area (Å²) < 4.78 is 0. The van der Waals surface area contributed by atoms with Crippen LogP contribution in [0.4, 0.5) is 4.79 Å². The van der Waals surface area contributed by atoms with Crippen molar-refractivity contribution in [3.05, 3.63) is 0 Å². The van der Waals surface area contributed by atoms with Crippen LogP contribution in [0.5, 0.6) is 0 Å². The van der Waals surface area contributed by atoms with Crippen LogP contribution in [0.25, 0.3) is 0 Å². The zero-order valence-electron chi connectivity index (χ0n) is 14.0. The monoisotopic (exact) mass is 308 g/mol. The molecule has 3 rings (SSSR count). The van der Waals surface area contributed by atoms with Gasteiger partial charge in [0.2, 0.25) is 5.91 Å². The van der Waals surface area contributed by atoms with Gasteiger partial charge in [-0.15, -0.1) is 0 Å². The van der Waals surface area contributed by atoms with Gasteiger partial charge in [0.15, 0.2) is 0 Å². The van der Waals surface area contributed by atoms with Gasteiger partial charge in [0.05, 0.1) is 5.41 Å². The lowest BCUT2D eigenvalue weighted by molar-refractivity contribution is -0.141. The fraction of sp³-hybridized carbons (Fsp3) is 0.875. The first-order valence-corrected chi connectivity index (χ1v) is 8.42. The van der Waals surface area contributed by atoms with Crippen molar-refractivity contribution in [3.63, 3.8) is 0 Å². The highest BCUT2D eigenvalue weighted by Gasteiger charge is 2.65. The normalized spacial score (nSPS) is 30.6. The number of hydrogen-bond donors (Lipinski definition) is 1. The van der Waals surface area contributed by atoms with Crippen molar-refractivity contribution in [2.75, 3.05) is 53.4 Å². The minimum atomic E-state index is -0.350. The molecule has 2 spiro atoms. The highest BCUT2D eigenvalue weighted by molar-refractivity contribution is 5.88. The number of piperidine rings is 1. The molecule has 6 heteroatoms. The fourth-order valence-corrected chi connectivity index (χ4v) is 4.80. The quantitative estimate of drug-likeness (QED) is 0.771. The SMILES string of the molecule is CCN1CC[C@]2(CN(C(=O)N(C)C)CC23CCNCC3)C1=O. The molecule has 1 atom stereocenters. The maximum Gasteiger partial charge on any atom is 0.319 e. The molecule has 3 aliphatic rings. The van der Waals surface area contributed by atoms with E-state index in [9.17, 15) is 9.59 Å². The Morgan fingerprint density at radius 2 is 1.91 bits per heavy atom. The van der Waals surface area contributed by atoms with E-state index in [0.717, 1.165) is 52.0 Å². The molecule has 1 N–H and O–H groups in total. The number of likely N-dealkylation sites (tertiary alicyclic amines) is 2. The van der Waals surface area contributed by atoms with E-state index < -0.39 is 0 Å². The molecule has 3 saturated heterocycles. The van der Waals surface area contributed by atoms with Crippen LogP contribution in [0.2, 0.25) is 0 Å². The summed E-state index contributed by atoms with van der Waals surface area (Å²) in [5, 5.41) is 3.41. The Morgan fingerprint density at radius 1 is 1.23 bits per heavy atom. The number of carbonyl (C=O) groups excluding carboxylic acids is 2. The van der Waals surface area contributed by atoms with Gasteiger partial charge in [-0.2, -0.15) is 0 Å². The van der Waals surface area contributed by atoms with Gasteiger partial charge in [-0.05, 0) is 39.3 Å². The first-order chi connectivity index (χ1) is 10.5. The first kappa shape index (κ1) is 15.6. The third-order valence-electron chi connectivity index (χ3n) is 6.07. The van der Waals surface area contributed by atoms with Gasteiger partial charge in [0.25, 0.3) is 0 Å². The maximum absolute atomic E-state index is 13.1. The zero-order valence-corrected chi connectivity index (χ0v) is 14.0. The van der Waals surface area contributed by atoms with E-state index >= 15 is 0 Å². The van der Waals surface area contributed by atoms with Gasteiger partial charge < -0.3 is 20.0 Å². The second-order valence-electron chi connectivity index (χ2n) is 7.28. The van der Waals surface area contributed by atoms with Crippen LogP contribution < -0.4 is 5.32 Å². The molecule has 3 amide bonds. The molecule has 0 aromatic rings. The summed E-state index contributed by atoms with van der Waals surface area (Å²) >= 11 is 0. The molecule has 0 bridgehead atoms. The number of nitrogens with zero attached hydrogens (tertiary/aromatic N) is 3. The van der Waals surface area contributed by atoms with Crippen molar-refractivity contribution in [3.8, 4) is 0 Å². The molecular formula is C16H28N4O2. The van der Waals surface area contributed by atoms with Gasteiger partial charge in [-0.1, -0.05) is 0 Å². The van der Waals surface area contributed by atoms with E-state index in [1.54, 1.807) is 19.0 Å². The molecule has 0 aromatic carbocycles. The van der Waals surface area contributed by atoms with E-state index in [0.29, 0.717) is 6.54 Å². The number of fused-ring (bicyclic) bond motifs is 1. The molecule has 3 aliphatic heterocycles. The van der Waals surface area contributed by atoms with Crippen molar-refractivity contribution in [1.82, 2.24) is 20.0 Å². The second-order valence-corrected chi connectivity index (χ2v) is 7.28. The van der Waals surface area contributed by atoms with Gasteiger partial charge in [-0.3, -0.25) is 4.79 Å². The van der Waals surface area contributed by atoms with E-state index in [4.69, 9.17) is 0 Å². The lowest BCUT2D eigenvalue weighted by atomic mass is 9.60. The Hall–Kier alpha value is -1.30. The average molecular weight is 308 g/mol. The number of carbonyl (C=O) groups is 2. The van der Waals surface area contributed by atoms with Crippen LogP contribution in [0.3, 0.4) is 0 Å². The van der Waals surface area contributed by atoms with Gasteiger partial charge >= 0.3 is 6.03 Å². The van der Waals surface area contributed by atoms with Gasteiger partial charge in [0, 0.05) is 45.7 Å². The van der Waals surface area contributed by atoms with Crippen LogP contribution in [0, 0.1) is 10.8 Å². The Kier molecular flexibility index (Phi) is 3.83.